The zero-order chi connectivity index (χ0) is 15.0. The number of nitrogens with zero attached hydrogens (tertiary/aromatic N) is 3. The first-order valence-electron chi connectivity index (χ1n) is 6.78. The van der Waals surface area contributed by atoms with E-state index in [0.29, 0.717) is 36.0 Å². The summed E-state index contributed by atoms with van der Waals surface area (Å²) in [5.74, 6) is 1.49. The Morgan fingerprint density at radius 2 is 2.29 bits per heavy atom. The van der Waals surface area contributed by atoms with Gasteiger partial charge in [0.25, 0.3) is 5.91 Å². The molecule has 7 heteroatoms. The van der Waals surface area contributed by atoms with Crippen LogP contribution in [0.4, 0.5) is 0 Å². The lowest BCUT2D eigenvalue weighted by molar-refractivity contribution is 0.0669. The molecule has 1 amide bonds. The van der Waals surface area contributed by atoms with Gasteiger partial charge in [0.15, 0.2) is 5.82 Å². The van der Waals surface area contributed by atoms with E-state index in [9.17, 15) is 4.79 Å². The van der Waals surface area contributed by atoms with Gasteiger partial charge < -0.3 is 18.6 Å². The van der Waals surface area contributed by atoms with Crippen LogP contribution in [0.1, 0.15) is 40.3 Å². The molecule has 0 aliphatic carbocycles. The van der Waals surface area contributed by atoms with Gasteiger partial charge in [0, 0.05) is 20.1 Å². The van der Waals surface area contributed by atoms with Gasteiger partial charge in [-0.15, -0.1) is 0 Å². The summed E-state index contributed by atoms with van der Waals surface area (Å²) in [4.78, 5) is 18.7. The van der Waals surface area contributed by atoms with Gasteiger partial charge in [-0.25, -0.2) is 0 Å². The molecule has 2 aromatic rings. The summed E-state index contributed by atoms with van der Waals surface area (Å²) in [6.45, 7) is 4.01. The number of hydrogen-bond donors (Lipinski definition) is 0. The highest BCUT2D eigenvalue weighted by Gasteiger charge is 2.40. The van der Waals surface area contributed by atoms with Crippen molar-refractivity contribution in [2.24, 2.45) is 0 Å². The van der Waals surface area contributed by atoms with Gasteiger partial charge in [0.05, 0.1) is 17.9 Å². The van der Waals surface area contributed by atoms with E-state index < -0.39 is 0 Å². The largest absolute Gasteiger partial charge is 0.469 e. The first-order valence-corrected chi connectivity index (χ1v) is 6.78. The van der Waals surface area contributed by atoms with Crippen molar-refractivity contribution < 1.29 is 18.5 Å². The third-order valence-electron chi connectivity index (χ3n) is 3.77. The number of rotatable bonds is 3. The third-order valence-corrected chi connectivity index (χ3v) is 3.77. The Balaban J connectivity index is 1.91. The molecule has 0 saturated carbocycles. The van der Waals surface area contributed by atoms with Crippen molar-refractivity contribution >= 4 is 5.91 Å². The fraction of sp³-hybridized carbons (Fsp3) is 0.500. The average molecular weight is 291 g/mol. The minimum absolute atomic E-state index is 0.0432. The molecular formula is C14H17N3O4. The summed E-state index contributed by atoms with van der Waals surface area (Å²) >= 11 is 0. The number of hydrogen-bond acceptors (Lipinski definition) is 6. The molecule has 7 nitrogen and oxygen atoms in total. The smallest absolute Gasteiger partial charge is 0.258 e. The number of methoxy groups -OCH3 is 1. The second kappa shape index (κ2) is 5.33. The number of furan rings is 1. The van der Waals surface area contributed by atoms with Crippen LogP contribution in [0, 0.1) is 13.8 Å². The lowest BCUT2D eigenvalue weighted by Gasteiger charge is -2.21. The Hall–Kier alpha value is -2.15. The monoisotopic (exact) mass is 291 g/mol. The second-order valence-electron chi connectivity index (χ2n) is 5.14. The molecule has 0 aromatic carbocycles. The van der Waals surface area contributed by atoms with Gasteiger partial charge in [-0.3, -0.25) is 4.79 Å². The van der Waals surface area contributed by atoms with Crippen molar-refractivity contribution in [2.75, 3.05) is 13.7 Å². The molecular weight excluding hydrogens is 274 g/mol. The highest BCUT2D eigenvalue weighted by atomic mass is 16.5. The fourth-order valence-corrected chi connectivity index (χ4v) is 2.64. The molecule has 0 unspecified atom stereocenters. The van der Waals surface area contributed by atoms with Crippen LogP contribution in [0.5, 0.6) is 0 Å². The Labute approximate surface area is 121 Å². The number of carbonyl (C=O) groups is 1. The van der Waals surface area contributed by atoms with Crippen LogP contribution >= 0.6 is 0 Å². The first-order chi connectivity index (χ1) is 10.1. The molecule has 112 valence electrons. The van der Waals surface area contributed by atoms with Gasteiger partial charge >= 0.3 is 0 Å². The van der Waals surface area contributed by atoms with E-state index in [1.807, 2.05) is 0 Å². The topological polar surface area (TPSA) is 81.6 Å². The van der Waals surface area contributed by atoms with E-state index in [4.69, 9.17) is 13.7 Å². The lowest BCUT2D eigenvalue weighted by Crippen LogP contribution is -2.32. The van der Waals surface area contributed by atoms with Gasteiger partial charge in [0.2, 0.25) is 5.89 Å². The van der Waals surface area contributed by atoms with Crippen molar-refractivity contribution in [3.05, 3.63) is 35.4 Å². The SMILES string of the molecule is CO[C@H]1C[C@H](c2nc(C)no2)N(C(=O)c2ccoc2C)C1. The van der Waals surface area contributed by atoms with Crippen LogP contribution in [0.3, 0.4) is 0 Å². The summed E-state index contributed by atoms with van der Waals surface area (Å²) in [6.07, 6.45) is 2.11. The predicted molar refractivity (Wildman–Crippen MR) is 71.7 cm³/mol. The fourth-order valence-electron chi connectivity index (χ4n) is 2.64. The average Bonchev–Trinajstić information content (AvgIpc) is 3.16. The maximum atomic E-state index is 12.7. The van der Waals surface area contributed by atoms with Crippen LogP contribution in [0.25, 0.3) is 0 Å². The Bertz CT molecular complexity index is 648. The van der Waals surface area contributed by atoms with Gasteiger partial charge in [-0.2, -0.15) is 4.98 Å². The lowest BCUT2D eigenvalue weighted by atomic mass is 10.1. The predicted octanol–water partition coefficient (Wildman–Crippen LogP) is 1.88. The maximum Gasteiger partial charge on any atom is 0.258 e. The summed E-state index contributed by atoms with van der Waals surface area (Å²) in [5, 5.41) is 3.80. The number of likely N-dealkylation sites (tertiary alicyclic amines) is 1. The maximum absolute atomic E-state index is 12.7. The third kappa shape index (κ3) is 2.44. The molecule has 2 atom stereocenters. The van der Waals surface area contributed by atoms with Gasteiger partial charge in [0.1, 0.15) is 11.8 Å². The summed E-state index contributed by atoms with van der Waals surface area (Å²) in [6, 6.07) is 1.41. The highest BCUT2D eigenvalue weighted by molar-refractivity contribution is 5.95. The molecule has 1 aliphatic heterocycles. The molecule has 1 aliphatic rings. The zero-order valence-electron chi connectivity index (χ0n) is 12.2. The summed E-state index contributed by atoms with van der Waals surface area (Å²) in [5.41, 5.74) is 0.549. The van der Waals surface area contributed by atoms with Crippen molar-refractivity contribution in [2.45, 2.75) is 32.4 Å². The number of ether oxygens (including phenoxy) is 1. The Morgan fingerprint density at radius 1 is 1.48 bits per heavy atom. The van der Waals surface area contributed by atoms with E-state index in [1.54, 1.807) is 31.9 Å². The van der Waals surface area contributed by atoms with Gasteiger partial charge in [-0.05, 0) is 19.9 Å². The van der Waals surface area contributed by atoms with Crippen molar-refractivity contribution in [3.8, 4) is 0 Å². The summed E-state index contributed by atoms with van der Waals surface area (Å²) in [7, 11) is 1.64. The van der Waals surface area contributed by atoms with Crippen LogP contribution in [-0.2, 0) is 4.74 Å². The highest BCUT2D eigenvalue weighted by Crippen LogP contribution is 2.34. The van der Waals surface area contributed by atoms with E-state index in [2.05, 4.69) is 10.1 Å². The molecule has 3 rings (SSSR count). The van der Waals surface area contributed by atoms with Crippen LogP contribution in [-0.4, -0.2) is 40.7 Å². The quantitative estimate of drug-likeness (QED) is 0.858. The van der Waals surface area contributed by atoms with E-state index >= 15 is 0 Å². The van der Waals surface area contributed by atoms with Crippen molar-refractivity contribution in [3.63, 3.8) is 0 Å². The Morgan fingerprint density at radius 3 is 2.86 bits per heavy atom. The molecule has 0 radical (unpaired) electrons. The molecule has 1 saturated heterocycles. The minimum Gasteiger partial charge on any atom is -0.469 e. The molecule has 0 bridgehead atoms. The molecule has 3 heterocycles. The summed E-state index contributed by atoms with van der Waals surface area (Å²) < 4.78 is 15.8. The molecule has 0 spiro atoms. The molecule has 1 fully saturated rings. The van der Waals surface area contributed by atoms with Crippen LogP contribution in [0.15, 0.2) is 21.3 Å². The van der Waals surface area contributed by atoms with Crippen LogP contribution in [0.2, 0.25) is 0 Å². The van der Waals surface area contributed by atoms with Gasteiger partial charge in [-0.1, -0.05) is 5.16 Å². The van der Waals surface area contributed by atoms with E-state index in [1.165, 1.54) is 6.26 Å². The Kier molecular flexibility index (Phi) is 3.50. The van der Waals surface area contributed by atoms with Crippen LogP contribution < -0.4 is 0 Å². The first kappa shape index (κ1) is 13.8. The minimum atomic E-state index is -0.266. The number of aromatic nitrogens is 2. The number of amides is 1. The molecule has 21 heavy (non-hydrogen) atoms. The second-order valence-corrected chi connectivity index (χ2v) is 5.14. The normalized spacial score (nSPS) is 22.0. The van der Waals surface area contributed by atoms with E-state index in [0.717, 1.165) is 0 Å². The number of aryl methyl sites for hydroxylation is 2. The van der Waals surface area contributed by atoms with E-state index in [-0.39, 0.29) is 18.1 Å². The van der Waals surface area contributed by atoms with Crippen molar-refractivity contribution in [1.29, 1.82) is 0 Å². The zero-order valence-corrected chi connectivity index (χ0v) is 12.2. The number of carbonyl (C=O) groups excluding carboxylic acids is 1. The molecule has 0 N–H and O–H groups in total. The molecule has 2 aromatic heterocycles. The standard InChI is InChI=1S/C14H17N3O4/c1-8-11(4-5-20-8)14(18)17-7-10(19-3)6-12(17)13-15-9(2)16-21-13/h4-5,10,12H,6-7H2,1-3H3/t10-,12+/m0/s1. The van der Waals surface area contributed by atoms with Crippen molar-refractivity contribution in [1.82, 2.24) is 15.0 Å².